The number of nitrogens with zero attached hydrogens (tertiary/aromatic N) is 1. The Balaban J connectivity index is 1.70. The van der Waals surface area contributed by atoms with Crippen molar-refractivity contribution in [2.24, 2.45) is 0 Å². The Morgan fingerprint density at radius 1 is 1.24 bits per heavy atom. The largest absolute Gasteiger partial charge is 0.348 e. The van der Waals surface area contributed by atoms with Crippen molar-refractivity contribution in [3.63, 3.8) is 0 Å². The number of urea groups is 1. The maximum absolute atomic E-state index is 13.6. The van der Waals surface area contributed by atoms with Crippen molar-refractivity contribution < 1.29 is 18.7 Å². The van der Waals surface area contributed by atoms with Crippen molar-refractivity contribution in [1.29, 1.82) is 0 Å². The zero-order valence-corrected chi connectivity index (χ0v) is 11.8. The summed E-state index contributed by atoms with van der Waals surface area (Å²) in [6.45, 7) is 1.75. The third-order valence-corrected chi connectivity index (χ3v) is 3.89. The van der Waals surface area contributed by atoms with Crippen LogP contribution in [-0.4, -0.2) is 43.0 Å². The van der Waals surface area contributed by atoms with Crippen LogP contribution < -0.4 is 5.32 Å². The Morgan fingerprint density at radius 3 is 2.76 bits per heavy atom. The van der Waals surface area contributed by atoms with Gasteiger partial charge in [-0.05, 0) is 31.4 Å². The molecule has 1 aromatic carbocycles. The summed E-state index contributed by atoms with van der Waals surface area (Å²) in [5.74, 6) is -0.437. The number of para-hydroxylation sites is 1. The second kappa shape index (κ2) is 6.41. The highest BCUT2D eigenvalue weighted by atomic mass is 19.1. The van der Waals surface area contributed by atoms with Gasteiger partial charge in [0, 0.05) is 6.54 Å². The first-order valence-electron chi connectivity index (χ1n) is 7.31. The standard InChI is InChI=1S/C15H19FN2O3/c16-11-5-1-2-6-12(11)17-15(19)18-8-4-3-7-13(18)14-20-9-10-21-14/h1-2,5-6,13-14H,3-4,7-10H2,(H,17,19)/t13-/m0/s1. The highest BCUT2D eigenvalue weighted by molar-refractivity contribution is 5.89. The van der Waals surface area contributed by atoms with E-state index in [-0.39, 0.29) is 24.1 Å². The van der Waals surface area contributed by atoms with Crippen LogP contribution in [0, 0.1) is 5.82 Å². The van der Waals surface area contributed by atoms with Crippen molar-refractivity contribution in [1.82, 2.24) is 4.90 Å². The smallest absolute Gasteiger partial charge is 0.322 e. The number of hydrogen-bond donors (Lipinski definition) is 1. The van der Waals surface area contributed by atoms with Crippen molar-refractivity contribution in [2.75, 3.05) is 25.1 Å². The number of ether oxygens (including phenoxy) is 2. The van der Waals surface area contributed by atoms with Gasteiger partial charge in [-0.3, -0.25) is 0 Å². The molecule has 0 aliphatic carbocycles. The summed E-state index contributed by atoms with van der Waals surface area (Å²) in [6.07, 6.45) is 2.46. The van der Waals surface area contributed by atoms with Crippen LogP contribution in [0.5, 0.6) is 0 Å². The summed E-state index contributed by atoms with van der Waals surface area (Å²) in [5, 5.41) is 2.63. The fourth-order valence-corrected chi connectivity index (χ4v) is 2.84. The number of carbonyl (C=O) groups excluding carboxylic acids is 1. The molecule has 0 aromatic heterocycles. The number of piperidine rings is 1. The van der Waals surface area contributed by atoms with Gasteiger partial charge in [0.15, 0.2) is 6.29 Å². The lowest BCUT2D eigenvalue weighted by Crippen LogP contribution is -2.51. The average molecular weight is 294 g/mol. The van der Waals surface area contributed by atoms with Gasteiger partial charge < -0.3 is 19.7 Å². The van der Waals surface area contributed by atoms with E-state index in [1.54, 1.807) is 23.1 Å². The van der Waals surface area contributed by atoms with Crippen molar-refractivity contribution in [3.05, 3.63) is 30.1 Å². The molecular weight excluding hydrogens is 275 g/mol. The first-order valence-corrected chi connectivity index (χ1v) is 7.31. The van der Waals surface area contributed by atoms with E-state index >= 15 is 0 Å². The Bertz CT molecular complexity index is 505. The second-order valence-corrected chi connectivity index (χ2v) is 5.28. The lowest BCUT2D eigenvalue weighted by molar-refractivity contribution is -0.0973. The number of benzene rings is 1. The zero-order chi connectivity index (χ0) is 14.7. The third-order valence-electron chi connectivity index (χ3n) is 3.89. The quantitative estimate of drug-likeness (QED) is 0.912. The molecular formula is C15H19FN2O3. The molecule has 0 radical (unpaired) electrons. The molecule has 114 valence electrons. The first kappa shape index (κ1) is 14.3. The molecule has 0 spiro atoms. The number of amides is 2. The monoisotopic (exact) mass is 294 g/mol. The lowest BCUT2D eigenvalue weighted by atomic mass is 10.0. The van der Waals surface area contributed by atoms with Crippen LogP contribution >= 0.6 is 0 Å². The van der Waals surface area contributed by atoms with Crippen molar-refractivity contribution in [2.45, 2.75) is 31.6 Å². The molecule has 0 bridgehead atoms. The Labute approximate surface area is 123 Å². The molecule has 2 aliphatic heterocycles. The van der Waals surface area contributed by atoms with Crippen LogP contribution in [0.15, 0.2) is 24.3 Å². The molecule has 6 heteroatoms. The molecule has 2 amide bonds. The summed E-state index contributed by atoms with van der Waals surface area (Å²) in [5.41, 5.74) is 0.195. The molecule has 0 unspecified atom stereocenters. The maximum atomic E-state index is 13.6. The average Bonchev–Trinajstić information content (AvgIpc) is 3.04. The van der Waals surface area contributed by atoms with Gasteiger partial charge in [-0.25, -0.2) is 9.18 Å². The van der Waals surface area contributed by atoms with E-state index in [1.807, 2.05) is 0 Å². The van der Waals surface area contributed by atoms with Crippen molar-refractivity contribution >= 4 is 11.7 Å². The molecule has 2 fully saturated rings. The third kappa shape index (κ3) is 3.16. The topological polar surface area (TPSA) is 50.8 Å². The molecule has 2 aliphatic rings. The minimum atomic E-state index is -0.437. The maximum Gasteiger partial charge on any atom is 0.322 e. The highest BCUT2D eigenvalue weighted by Gasteiger charge is 2.36. The molecule has 1 N–H and O–H groups in total. The molecule has 3 rings (SSSR count). The van der Waals surface area contributed by atoms with Crippen LogP contribution in [0.2, 0.25) is 0 Å². The van der Waals surface area contributed by atoms with Crippen LogP contribution in [0.1, 0.15) is 19.3 Å². The highest BCUT2D eigenvalue weighted by Crippen LogP contribution is 2.25. The van der Waals surface area contributed by atoms with Gasteiger partial charge in [0.25, 0.3) is 0 Å². The second-order valence-electron chi connectivity index (χ2n) is 5.28. The summed E-state index contributed by atoms with van der Waals surface area (Å²) < 4.78 is 24.7. The fraction of sp³-hybridized carbons (Fsp3) is 0.533. The minimum Gasteiger partial charge on any atom is -0.348 e. The summed E-state index contributed by atoms with van der Waals surface area (Å²) in [7, 11) is 0. The molecule has 5 nitrogen and oxygen atoms in total. The van der Waals surface area contributed by atoms with Gasteiger partial charge in [0.1, 0.15) is 5.82 Å². The number of likely N-dealkylation sites (tertiary alicyclic amines) is 1. The molecule has 21 heavy (non-hydrogen) atoms. The normalized spacial score (nSPS) is 23.3. The van der Waals surface area contributed by atoms with Crippen LogP contribution in [0.3, 0.4) is 0 Å². The Kier molecular flexibility index (Phi) is 4.36. The van der Waals surface area contributed by atoms with Crippen molar-refractivity contribution in [3.8, 4) is 0 Å². The van der Waals surface area contributed by atoms with E-state index in [4.69, 9.17) is 9.47 Å². The van der Waals surface area contributed by atoms with E-state index in [9.17, 15) is 9.18 Å². The van der Waals surface area contributed by atoms with E-state index in [0.29, 0.717) is 19.8 Å². The molecule has 0 saturated carbocycles. The predicted octanol–water partition coefficient (Wildman–Crippen LogP) is 2.58. The van der Waals surface area contributed by atoms with Gasteiger partial charge in [0.2, 0.25) is 0 Å². The summed E-state index contributed by atoms with van der Waals surface area (Å²) in [6, 6.07) is 5.75. The predicted molar refractivity (Wildman–Crippen MR) is 75.5 cm³/mol. The summed E-state index contributed by atoms with van der Waals surface area (Å²) in [4.78, 5) is 14.1. The number of hydrogen-bond acceptors (Lipinski definition) is 3. The number of anilines is 1. The van der Waals surface area contributed by atoms with Crippen LogP contribution in [0.4, 0.5) is 14.9 Å². The summed E-state index contributed by atoms with van der Waals surface area (Å²) >= 11 is 0. The van der Waals surface area contributed by atoms with Gasteiger partial charge in [-0.15, -0.1) is 0 Å². The van der Waals surface area contributed by atoms with Gasteiger partial charge in [0.05, 0.1) is 24.9 Å². The van der Waals surface area contributed by atoms with E-state index in [1.165, 1.54) is 6.07 Å². The fourth-order valence-electron chi connectivity index (χ4n) is 2.84. The van der Waals surface area contributed by atoms with Gasteiger partial charge >= 0.3 is 6.03 Å². The Hall–Kier alpha value is -1.66. The molecule has 2 saturated heterocycles. The number of rotatable bonds is 2. The van der Waals surface area contributed by atoms with Gasteiger partial charge in [-0.2, -0.15) is 0 Å². The minimum absolute atomic E-state index is 0.104. The SMILES string of the molecule is O=C(Nc1ccccc1F)N1CCCC[C@H]1C1OCCO1. The van der Waals surface area contributed by atoms with E-state index < -0.39 is 5.82 Å². The van der Waals surface area contributed by atoms with Crippen LogP contribution in [0.25, 0.3) is 0 Å². The first-order chi connectivity index (χ1) is 10.3. The Morgan fingerprint density at radius 2 is 2.00 bits per heavy atom. The lowest BCUT2D eigenvalue weighted by Gasteiger charge is -2.37. The number of carbonyl (C=O) groups is 1. The number of nitrogens with one attached hydrogen (secondary N) is 1. The number of halogens is 1. The molecule has 2 heterocycles. The zero-order valence-electron chi connectivity index (χ0n) is 11.8. The molecule has 1 aromatic rings. The van der Waals surface area contributed by atoms with Gasteiger partial charge in [-0.1, -0.05) is 12.1 Å². The van der Waals surface area contributed by atoms with E-state index in [0.717, 1.165) is 19.3 Å². The van der Waals surface area contributed by atoms with E-state index in [2.05, 4.69) is 5.32 Å². The van der Waals surface area contributed by atoms with Crippen LogP contribution in [-0.2, 0) is 9.47 Å². The molecule has 1 atom stereocenters.